The van der Waals surface area contributed by atoms with Crippen molar-refractivity contribution in [1.82, 2.24) is 0 Å². The highest BCUT2D eigenvalue weighted by molar-refractivity contribution is 6.09. The maximum atomic E-state index is 11.8. The van der Waals surface area contributed by atoms with Crippen molar-refractivity contribution in [2.45, 2.75) is 19.3 Å². The predicted octanol–water partition coefficient (Wildman–Crippen LogP) is 2.56. The molecule has 2 N–H and O–H groups in total. The minimum absolute atomic E-state index is 0.155. The third-order valence-corrected chi connectivity index (χ3v) is 2.51. The molecule has 2 heteroatoms. The Morgan fingerprint density at radius 2 is 1.93 bits per heavy atom. The molecule has 0 radical (unpaired) electrons. The zero-order chi connectivity index (χ0) is 9.97. The number of benzene rings is 1. The van der Waals surface area contributed by atoms with Gasteiger partial charge in [0, 0.05) is 11.3 Å². The van der Waals surface area contributed by atoms with Crippen LogP contribution in [0.25, 0.3) is 0 Å². The number of allylic oxidation sites excluding steroid dienone is 2. The third-order valence-electron chi connectivity index (χ3n) is 2.51. The number of nitrogens with two attached hydrogens (primary N) is 1. The van der Waals surface area contributed by atoms with Gasteiger partial charge in [0.25, 0.3) is 0 Å². The highest BCUT2D eigenvalue weighted by atomic mass is 16.1. The molecule has 1 aliphatic rings. The van der Waals surface area contributed by atoms with Gasteiger partial charge in [0.2, 0.25) is 0 Å². The summed E-state index contributed by atoms with van der Waals surface area (Å²) in [6, 6.07) is 7.11. The van der Waals surface area contributed by atoms with Crippen LogP contribution < -0.4 is 5.73 Å². The van der Waals surface area contributed by atoms with Gasteiger partial charge in [-0.05, 0) is 49.1 Å². The van der Waals surface area contributed by atoms with Crippen LogP contribution in [-0.4, -0.2) is 5.78 Å². The number of ketones is 1. The summed E-state index contributed by atoms with van der Waals surface area (Å²) < 4.78 is 0. The average Bonchev–Trinajstić information content (AvgIpc) is 2.71. The van der Waals surface area contributed by atoms with E-state index in [1.807, 2.05) is 6.08 Å². The third kappa shape index (κ3) is 1.69. The lowest BCUT2D eigenvalue weighted by Crippen LogP contribution is -2.01. The first-order valence-corrected chi connectivity index (χ1v) is 4.86. The Labute approximate surface area is 83.4 Å². The van der Waals surface area contributed by atoms with Crippen LogP contribution in [0.15, 0.2) is 35.9 Å². The van der Waals surface area contributed by atoms with Gasteiger partial charge in [0.15, 0.2) is 5.78 Å². The van der Waals surface area contributed by atoms with Gasteiger partial charge >= 0.3 is 0 Å². The van der Waals surface area contributed by atoms with Gasteiger partial charge in [0.05, 0.1) is 0 Å². The molecule has 0 aromatic heterocycles. The summed E-state index contributed by atoms with van der Waals surface area (Å²) in [6.45, 7) is 0. The van der Waals surface area contributed by atoms with Gasteiger partial charge < -0.3 is 5.73 Å². The van der Waals surface area contributed by atoms with Crippen molar-refractivity contribution in [2.24, 2.45) is 0 Å². The summed E-state index contributed by atoms with van der Waals surface area (Å²) in [5.41, 5.74) is 7.95. The minimum atomic E-state index is 0.155. The van der Waals surface area contributed by atoms with Gasteiger partial charge in [-0.25, -0.2) is 0 Å². The highest BCUT2D eigenvalue weighted by Gasteiger charge is 2.14. The molecule has 1 aliphatic carbocycles. The molecular weight excluding hydrogens is 174 g/mol. The molecule has 0 bridgehead atoms. The molecule has 72 valence electrons. The lowest BCUT2D eigenvalue weighted by Gasteiger charge is -2.01. The summed E-state index contributed by atoms with van der Waals surface area (Å²) in [4.78, 5) is 11.8. The quantitative estimate of drug-likeness (QED) is 0.571. The number of anilines is 1. The molecule has 0 fully saturated rings. The van der Waals surface area contributed by atoms with Crippen LogP contribution in [0.3, 0.4) is 0 Å². The number of carbonyl (C=O) groups excluding carboxylic acids is 1. The summed E-state index contributed by atoms with van der Waals surface area (Å²) >= 11 is 0. The van der Waals surface area contributed by atoms with Crippen molar-refractivity contribution >= 4 is 11.5 Å². The first-order chi connectivity index (χ1) is 6.77. The molecule has 0 atom stereocenters. The SMILES string of the molecule is Nc1ccc(C(=O)C2=CCCC2)cc1. The van der Waals surface area contributed by atoms with E-state index < -0.39 is 0 Å². The van der Waals surface area contributed by atoms with Gasteiger partial charge in [-0.15, -0.1) is 0 Å². The fraction of sp³-hybridized carbons (Fsp3) is 0.250. The van der Waals surface area contributed by atoms with Crippen LogP contribution in [0.2, 0.25) is 0 Å². The summed E-state index contributed by atoms with van der Waals surface area (Å²) in [5.74, 6) is 0.155. The number of Topliss-reactive ketones (excluding diaryl/α,β-unsaturated/α-hetero) is 1. The first-order valence-electron chi connectivity index (χ1n) is 4.86. The Morgan fingerprint density at radius 3 is 2.50 bits per heavy atom. The largest absolute Gasteiger partial charge is 0.399 e. The number of hydrogen-bond donors (Lipinski definition) is 1. The topological polar surface area (TPSA) is 43.1 Å². The van der Waals surface area contributed by atoms with E-state index in [2.05, 4.69) is 0 Å². The van der Waals surface area contributed by atoms with Gasteiger partial charge in [0.1, 0.15) is 0 Å². The number of carbonyl (C=O) groups is 1. The van der Waals surface area contributed by atoms with E-state index in [9.17, 15) is 4.79 Å². The smallest absolute Gasteiger partial charge is 0.188 e. The molecule has 0 heterocycles. The molecule has 0 spiro atoms. The Kier molecular flexibility index (Phi) is 2.35. The van der Waals surface area contributed by atoms with E-state index in [-0.39, 0.29) is 5.78 Å². The maximum Gasteiger partial charge on any atom is 0.188 e. The normalized spacial score (nSPS) is 15.3. The van der Waals surface area contributed by atoms with Crippen LogP contribution in [0.1, 0.15) is 29.6 Å². The molecular formula is C12H13NO. The first kappa shape index (κ1) is 9.00. The summed E-state index contributed by atoms with van der Waals surface area (Å²) in [5, 5.41) is 0. The minimum Gasteiger partial charge on any atom is -0.399 e. The molecule has 0 saturated carbocycles. The standard InChI is InChI=1S/C12H13NO/c13-11-7-5-10(6-8-11)12(14)9-3-1-2-4-9/h3,5-8H,1-2,4,13H2. The lowest BCUT2D eigenvalue weighted by molar-refractivity contribution is 0.103. The zero-order valence-corrected chi connectivity index (χ0v) is 7.99. The van der Waals surface area contributed by atoms with Crippen molar-refractivity contribution < 1.29 is 4.79 Å². The second-order valence-electron chi connectivity index (χ2n) is 3.57. The van der Waals surface area contributed by atoms with Crippen LogP contribution in [0, 0.1) is 0 Å². The van der Waals surface area contributed by atoms with Gasteiger partial charge in [-0.2, -0.15) is 0 Å². The molecule has 1 aromatic carbocycles. The Hall–Kier alpha value is -1.57. The van der Waals surface area contributed by atoms with Crippen molar-refractivity contribution in [3.05, 3.63) is 41.5 Å². The number of rotatable bonds is 2. The van der Waals surface area contributed by atoms with E-state index in [0.29, 0.717) is 5.69 Å². The second kappa shape index (κ2) is 3.66. The van der Waals surface area contributed by atoms with Crippen molar-refractivity contribution in [3.8, 4) is 0 Å². The van der Waals surface area contributed by atoms with Crippen LogP contribution in [0.5, 0.6) is 0 Å². The number of nitrogen functional groups attached to an aromatic ring is 1. The highest BCUT2D eigenvalue weighted by Crippen LogP contribution is 2.22. The van der Waals surface area contributed by atoms with Crippen molar-refractivity contribution in [1.29, 1.82) is 0 Å². The van der Waals surface area contributed by atoms with E-state index in [4.69, 9.17) is 5.73 Å². The monoisotopic (exact) mass is 187 g/mol. The van der Waals surface area contributed by atoms with E-state index in [1.54, 1.807) is 24.3 Å². The molecule has 0 amide bonds. The van der Waals surface area contributed by atoms with Gasteiger partial charge in [-0.1, -0.05) is 6.08 Å². The fourth-order valence-electron chi connectivity index (χ4n) is 1.70. The predicted molar refractivity (Wildman–Crippen MR) is 57.1 cm³/mol. The number of hydrogen-bond acceptors (Lipinski definition) is 2. The molecule has 2 rings (SSSR count). The molecule has 0 saturated heterocycles. The Balaban J connectivity index is 2.22. The molecule has 1 aromatic rings. The van der Waals surface area contributed by atoms with Crippen molar-refractivity contribution in [3.63, 3.8) is 0 Å². The van der Waals surface area contributed by atoms with E-state index in [0.717, 1.165) is 30.4 Å². The van der Waals surface area contributed by atoms with Crippen molar-refractivity contribution in [2.75, 3.05) is 5.73 Å². The molecule has 2 nitrogen and oxygen atoms in total. The zero-order valence-electron chi connectivity index (χ0n) is 7.99. The molecule has 0 aliphatic heterocycles. The maximum absolute atomic E-state index is 11.8. The summed E-state index contributed by atoms with van der Waals surface area (Å²) in [6.07, 6.45) is 5.11. The second-order valence-corrected chi connectivity index (χ2v) is 3.57. The van der Waals surface area contributed by atoms with Gasteiger partial charge in [-0.3, -0.25) is 4.79 Å². The average molecular weight is 187 g/mol. The van der Waals surface area contributed by atoms with Crippen LogP contribution in [-0.2, 0) is 0 Å². The molecule has 0 unspecified atom stereocenters. The summed E-state index contributed by atoms with van der Waals surface area (Å²) in [7, 11) is 0. The Morgan fingerprint density at radius 1 is 1.21 bits per heavy atom. The van der Waals surface area contributed by atoms with E-state index >= 15 is 0 Å². The lowest BCUT2D eigenvalue weighted by atomic mass is 10.0. The van der Waals surface area contributed by atoms with E-state index in [1.165, 1.54) is 0 Å². The van der Waals surface area contributed by atoms with Crippen LogP contribution >= 0.6 is 0 Å². The Bertz CT molecular complexity index is 376. The van der Waals surface area contributed by atoms with Crippen LogP contribution in [0.4, 0.5) is 5.69 Å². The fourth-order valence-corrected chi connectivity index (χ4v) is 1.70. The molecule has 14 heavy (non-hydrogen) atoms.